The summed E-state index contributed by atoms with van der Waals surface area (Å²) in [5.74, 6) is 0.507. The Kier molecular flexibility index (Phi) is 5.53. The van der Waals surface area contributed by atoms with Crippen molar-refractivity contribution < 1.29 is 14.3 Å². The molecule has 0 saturated carbocycles. The Morgan fingerprint density at radius 1 is 1.00 bits per heavy atom. The fourth-order valence-electron chi connectivity index (χ4n) is 2.28. The van der Waals surface area contributed by atoms with Crippen LogP contribution in [0.3, 0.4) is 0 Å². The topological polar surface area (TPSA) is 46.6 Å². The number of methoxy groups -OCH3 is 1. The van der Waals surface area contributed by atoms with Crippen LogP contribution in [0, 0.1) is 6.92 Å². The maximum Gasteiger partial charge on any atom is 0.253 e. The van der Waals surface area contributed by atoms with E-state index in [4.69, 9.17) is 4.74 Å². The summed E-state index contributed by atoms with van der Waals surface area (Å²) in [6.07, 6.45) is 3.26. The van der Waals surface area contributed by atoms with Gasteiger partial charge in [-0.2, -0.15) is 0 Å². The maximum absolute atomic E-state index is 12.3. The van der Waals surface area contributed by atoms with Crippen molar-refractivity contribution in [2.75, 3.05) is 21.2 Å². The standard InChI is InChI=1S/C20H21NO3/c1-14-5-12-19(24-4)17(13-14)10-11-18(22)15-6-8-16(9-7-15)20(23)21(2)3/h5-13H,1-4H3. The molecule has 0 bridgehead atoms. The number of rotatable bonds is 5. The first-order chi connectivity index (χ1) is 11.4. The Bertz CT molecular complexity index is 774. The minimum atomic E-state index is -0.123. The molecule has 0 spiro atoms. The van der Waals surface area contributed by atoms with Gasteiger partial charge in [-0.15, -0.1) is 0 Å². The number of aryl methyl sites for hydroxylation is 1. The molecule has 4 nitrogen and oxygen atoms in total. The number of allylic oxidation sites excluding steroid dienone is 1. The molecule has 2 rings (SSSR count). The van der Waals surface area contributed by atoms with Crippen molar-refractivity contribution in [2.45, 2.75) is 6.92 Å². The van der Waals surface area contributed by atoms with Crippen LogP contribution in [-0.2, 0) is 0 Å². The first kappa shape index (κ1) is 17.5. The van der Waals surface area contributed by atoms with Crippen molar-refractivity contribution in [3.63, 3.8) is 0 Å². The summed E-state index contributed by atoms with van der Waals surface area (Å²) in [4.78, 5) is 25.6. The van der Waals surface area contributed by atoms with Gasteiger partial charge in [0, 0.05) is 30.8 Å². The van der Waals surface area contributed by atoms with E-state index in [0.717, 1.165) is 16.9 Å². The fraction of sp³-hybridized carbons (Fsp3) is 0.200. The van der Waals surface area contributed by atoms with Crippen LogP contribution in [0.5, 0.6) is 5.75 Å². The molecule has 0 heterocycles. The van der Waals surface area contributed by atoms with Crippen LogP contribution in [0.15, 0.2) is 48.5 Å². The summed E-state index contributed by atoms with van der Waals surface area (Å²) in [7, 11) is 4.99. The van der Waals surface area contributed by atoms with Crippen LogP contribution in [0.4, 0.5) is 0 Å². The molecule has 0 radical (unpaired) electrons. The smallest absolute Gasteiger partial charge is 0.253 e. The van der Waals surface area contributed by atoms with Crippen LogP contribution in [-0.4, -0.2) is 37.8 Å². The molecule has 0 aromatic heterocycles. The highest BCUT2D eigenvalue weighted by molar-refractivity contribution is 6.07. The molecule has 0 aliphatic carbocycles. The molecule has 1 amide bonds. The minimum Gasteiger partial charge on any atom is -0.496 e. The molecule has 4 heteroatoms. The van der Waals surface area contributed by atoms with E-state index in [2.05, 4.69) is 0 Å². The molecular formula is C20H21NO3. The average molecular weight is 323 g/mol. The molecular weight excluding hydrogens is 302 g/mol. The Hall–Kier alpha value is -2.88. The van der Waals surface area contributed by atoms with Crippen molar-refractivity contribution in [1.29, 1.82) is 0 Å². The third-order valence-electron chi connectivity index (χ3n) is 3.62. The SMILES string of the molecule is COc1ccc(C)cc1C=CC(=O)c1ccc(C(=O)N(C)C)cc1. The van der Waals surface area contributed by atoms with Crippen LogP contribution in [0.2, 0.25) is 0 Å². The van der Waals surface area contributed by atoms with Crippen LogP contribution < -0.4 is 4.74 Å². The normalized spacial score (nSPS) is 10.7. The van der Waals surface area contributed by atoms with Gasteiger partial charge in [0.1, 0.15) is 5.75 Å². The van der Waals surface area contributed by atoms with Gasteiger partial charge in [-0.05, 0) is 43.3 Å². The lowest BCUT2D eigenvalue weighted by atomic mass is 10.1. The Morgan fingerprint density at radius 2 is 1.62 bits per heavy atom. The monoisotopic (exact) mass is 323 g/mol. The third-order valence-corrected chi connectivity index (χ3v) is 3.62. The lowest BCUT2D eigenvalue weighted by Gasteiger charge is -2.10. The molecule has 24 heavy (non-hydrogen) atoms. The summed E-state index contributed by atoms with van der Waals surface area (Å²) in [6, 6.07) is 12.4. The van der Waals surface area contributed by atoms with Gasteiger partial charge in [0.05, 0.1) is 7.11 Å². The molecule has 0 aliphatic rings. The van der Waals surface area contributed by atoms with Crippen molar-refractivity contribution in [3.8, 4) is 5.75 Å². The molecule has 2 aromatic rings. The first-order valence-electron chi connectivity index (χ1n) is 7.61. The van der Waals surface area contributed by atoms with Gasteiger partial charge in [-0.3, -0.25) is 9.59 Å². The second kappa shape index (κ2) is 7.59. The summed E-state index contributed by atoms with van der Waals surface area (Å²) in [5, 5.41) is 0. The number of hydrogen-bond acceptors (Lipinski definition) is 3. The van der Waals surface area contributed by atoms with E-state index in [9.17, 15) is 9.59 Å². The molecule has 0 unspecified atom stereocenters. The highest BCUT2D eigenvalue weighted by Gasteiger charge is 2.09. The fourth-order valence-corrected chi connectivity index (χ4v) is 2.28. The highest BCUT2D eigenvalue weighted by Crippen LogP contribution is 2.21. The summed E-state index contributed by atoms with van der Waals surface area (Å²) < 4.78 is 5.30. The van der Waals surface area contributed by atoms with Crippen LogP contribution in [0.1, 0.15) is 31.8 Å². The number of nitrogens with zero attached hydrogens (tertiary/aromatic N) is 1. The van der Waals surface area contributed by atoms with Crippen molar-refractivity contribution >= 4 is 17.8 Å². The molecule has 0 saturated heterocycles. The molecule has 124 valence electrons. The second-order valence-corrected chi connectivity index (χ2v) is 5.72. The van der Waals surface area contributed by atoms with Gasteiger partial charge < -0.3 is 9.64 Å². The molecule has 0 aliphatic heterocycles. The Morgan fingerprint density at radius 3 is 2.21 bits per heavy atom. The molecule has 0 fully saturated rings. The summed E-state index contributed by atoms with van der Waals surface area (Å²) >= 11 is 0. The zero-order chi connectivity index (χ0) is 17.7. The number of ketones is 1. The number of ether oxygens (including phenoxy) is 1. The zero-order valence-corrected chi connectivity index (χ0v) is 14.4. The van der Waals surface area contributed by atoms with Crippen molar-refractivity contribution in [3.05, 3.63) is 70.8 Å². The van der Waals surface area contributed by atoms with E-state index in [1.54, 1.807) is 51.5 Å². The zero-order valence-electron chi connectivity index (χ0n) is 14.4. The van der Waals surface area contributed by atoms with E-state index >= 15 is 0 Å². The van der Waals surface area contributed by atoms with E-state index in [1.807, 2.05) is 25.1 Å². The summed E-state index contributed by atoms with van der Waals surface area (Å²) in [6.45, 7) is 1.99. The van der Waals surface area contributed by atoms with Crippen LogP contribution in [0.25, 0.3) is 6.08 Å². The average Bonchev–Trinajstić information content (AvgIpc) is 2.59. The predicted molar refractivity (Wildman–Crippen MR) is 95.6 cm³/mol. The number of benzene rings is 2. The maximum atomic E-state index is 12.3. The largest absolute Gasteiger partial charge is 0.496 e. The van der Waals surface area contributed by atoms with Gasteiger partial charge in [-0.1, -0.05) is 23.8 Å². The van der Waals surface area contributed by atoms with E-state index in [-0.39, 0.29) is 11.7 Å². The quantitative estimate of drug-likeness (QED) is 0.624. The Labute approximate surface area is 142 Å². The number of carbonyl (C=O) groups is 2. The first-order valence-corrected chi connectivity index (χ1v) is 7.61. The number of hydrogen-bond donors (Lipinski definition) is 0. The lowest BCUT2D eigenvalue weighted by molar-refractivity contribution is 0.0827. The van der Waals surface area contributed by atoms with Crippen LogP contribution >= 0.6 is 0 Å². The predicted octanol–water partition coefficient (Wildman–Crippen LogP) is 3.60. The molecule has 0 atom stereocenters. The van der Waals surface area contributed by atoms with E-state index in [0.29, 0.717) is 11.1 Å². The number of carbonyl (C=O) groups excluding carboxylic acids is 2. The summed E-state index contributed by atoms with van der Waals surface area (Å²) in [5.41, 5.74) is 3.04. The molecule has 2 aromatic carbocycles. The van der Waals surface area contributed by atoms with E-state index < -0.39 is 0 Å². The second-order valence-electron chi connectivity index (χ2n) is 5.72. The Balaban J connectivity index is 2.18. The molecule has 0 N–H and O–H groups in total. The van der Waals surface area contributed by atoms with Gasteiger partial charge in [0.25, 0.3) is 5.91 Å². The van der Waals surface area contributed by atoms with Crippen molar-refractivity contribution in [2.24, 2.45) is 0 Å². The number of amides is 1. The van der Waals surface area contributed by atoms with E-state index in [1.165, 1.54) is 11.0 Å². The van der Waals surface area contributed by atoms with Crippen molar-refractivity contribution in [1.82, 2.24) is 4.90 Å². The minimum absolute atomic E-state index is 0.0889. The lowest BCUT2D eigenvalue weighted by Crippen LogP contribution is -2.21. The van der Waals surface area contributed by atoms with Gasteiger partial charge in [0.15, 0.2) is 5.78 Å². The third kappa shape index (κ3) is 4.10. The van der Waals surface area contributed by atoms with Gasteiger partial charge in [-0.25, -0.2) is 0 Å². The van der Waals surface area contributed by atoms with Gasteiger partial charge in [0.2, 0.25) is 0 Å². The highest BCUT2D eigenvalue weighted by atomic mass is 16.5. The van der Waals surface area contributed by atoms with Gasteiger partial charge >= 0.3 is 0 Å².